The lowest BCUT2D eigenvalue weighted by Crippen LogP contribution is -2.60. The highest BCUT2D eigenvalue weighted by Crippen LogP contribution is 2.27. The predicted molar refractivity (Wildman–Crippen MR) is 57.1 cm³/mol. The largest absolute Gasteiger partial charge is 0.378 e. The van der Waals surface area contributed by atoms with E-state index in [1.165, 1.54) is 6.54 Å². The van der Waals surface area contributed by atoms with Gasteiger partial charge in [0.25, 0.3) is 0 Å². The van der Waals surface area contributed by atoms with Crippen LogP contribution in [0.5, 0.6) is 0 Å². The number of nitrogens with zero attached hydrogens (tertiary/aromatic N) is 1. The summed E-state index contributed by atoms with van der Waals surface area (Å²) in [4.78, 5) is 2.62. The van der Waals surface area contributed by atoms with Crippen molar-refractivity contribution >= 4 is 0 Å². The number of nitrogens with two attached hydrogens (primary N) is 1. The molecule has 0 aromatic heterocycles. The van der Waals surface area contributed by atoms with Gasteiger partial charge in [0.2, 0.25) is 0 Å². The van der Waals surface area contributed by atoms with Gasteiger partial charge in [-0.15, -0.1) is 0 Å². The first-order valence-electron chi connectivity index (χ1n) is 5.76. The average Bonchev–Trinajstić information content (AvgIpc) is 2.05. The molecule has 2 bridgehead atoms. The molecule has 2 aliphatic heterocycles. The van der Waals surface area contributed by atoms with Crippen molar-refractivity contribution in [3.8, 4) is 0 Å². The molecule has 0 amide bonds. The number of hydrogen-bond donors (Lipinski definition) is 1. The van der Waals surface area contributed by atoms with Crippen molar-refractivity contribution in [1.29, 1.82) is 0 Å². The summed E-state index contributed by atoms with van der Waals surface area (Å²) in [6, 6.07) is 1.57. The predicted octanol–water partition coefficient (Wildman–Crippen LogP) is 0.833. The van der Waals surface area contributed by atoms with Gasteiger partial charge in [-0.3, -0.25) is 4.90 Å². The molecule has 82 valence electrons. The molecule has 3 atom stereocenters. The lowest BCUT2D eigenvalue weighted by atomic mass is 9.90. The molecular weight excluding hydrogens is 176 g/mol. The minimum atomic E-state index is 0.400. The molecule has 0 radical (unpaired) electrons. The molecule has 3 heteroatoms. The van der Waals surface area contributed by atoms with Gasteiger partial charge in [-0.1, -0.05) is 13.8 Å². The number of rotatable bonds is 2. The average molecular weight is 198 g/mol. The SMILES string of the molecule is CC(C)CN1[C@@H]2COC[C@H]1CC(N)C2. The van der Waals surface area contributed by atoms with E-state index < -0.39 is 0 Å². The van der Waals surface area contributed by atoms with Crippen molar-refractivity contribution in [2.24, 2.45) is 11.7 Å². The molecule has 0 aromatic carbocycles. The van der Waals surface area contributed by atoms with Crippen LogP contribution in [0.3, 0.4) is 0 Å². The van der Waals surface area contributed by atoms with Crippen molar-refractivity contribution in [2.75, 3.05) is 19.8 Å². The Hall–Kier alpha value is -0.120. The molecule has 2 saturated heterocycles. The van der Waals surface area contributed by atoms with Crippen LogP contribution in [0.2, 0.25) is 0 Å². The molecule has 0 aromatic rings. The zero-order valence-corrected chi connectivity index (χ0v) is 9.28. The van der Waals surface area contributed by atoms with Gasteiger partial charge < -0.3 is 10.5 Å². The van der Waals surface area contributed by atoms with Crippen LogP contribution in [0.15, 0.2) is 0 Å². The number of piperidine rings is 1. The van der Waals surface area contributed by atoms with Gasteiger partial charge >= 0.3 is 0 Å². The van der Waals surface area contributed by atoms with Gasteiger partial charge in [0.15, 0.2) is 0 Å². The summed E-state index contributed by atoms with van der Waals surface area (Å²) in [7, 11) is 0. The zero-order chi connectivity index (χ0) is 10.1. The van der Waals surface area contributed by atoms with Crippen LogP contribution in [0.25, 0.3) is 0 Å². The Morgan fingerprint density at radius 3 is 2.36 bits per heavy atom. The zero-order valence-electron chi connectivity index (χ0n) is 9.28. The topological polar surface area (TPSA) is 38.5 Å². The van der Waals surface area contributed by atoms with Crippen LogP contribution in [0, 0.1) is 5.92 Å². The van der Waals surface area contributed by atoms with Gasteiger partial charge in [0.1, 0.15) is 0 Å². The Morgan fingerprint density at radius 1 is 1.29 bits per heavy atom. The first-order valence-corrected chi connectivity index (χ1v) is 5.76. The minimum Gasteiger partial charge on any atom is -0.378 e. The molecule has 2 heterocycles. The van der Waals surface area contributed by atoms with Gasteiger partial charge in [-0.25, -0.2) is 0 Å². The van der Waals surface area contributed by atoms with Crippen molar-refractivity contribution < 1.29 is 4.74 Å². The molecule has 2 rings (SSSR count). The number of morpholine rings is 1. The summed E-state index contributed by atoms with van der Waals surface area (Å²) in [5.41, 5.74) is 6.04. The van der Waals surface area contributed by atoms with Gasteiger partial charge in [0.05, 0.1) is 13.2 Å². The highest BCUT2D eigenvalue weighted by molar-refractivity contribution is 4.93. The monoisotopic (exact) mass is 198 g/mol. The van der Waals surface area contributed by atoms with Crippen LogP contribution in [-0.2, 0) is 4.74 Å². The Balaban J connectivity index is 2.01. The number of ether oxygens (including phenoxy) is 1. The summed E-state index contributed by atoms with van der Waals surface area (Å²) in [6.07, 6.45) is 2.23. The van der Waals surface area contributed by atoms with Crippen molar-refractivity contribution in [1.82, 2.24) is 4.90 Å². The Kier molecular flexibility index (Phi) is 3.10. The van der Waals surface area contributed by atoms with E-state index in [0.717, 1.165) is 32.0 Å². The second-order valence-electron chi connectivity index (χ2n) is 5.17. The fourth-order valence-electron chi connectivity index (χ4n) is 2.75. The van der Waals surface area contributed by atoms with Crippen molar-refractivity contribution in [3.63, 3.8) is 0 Å². The van der Waals surface area contributed by atoms with E-state index in [0.29, 0.717) is 18.1 Å². The Bertz CT molecular complexity index is 182. The maximum absolute atomic E-state index is 6.04. The molecule has 14 heavy (non-hydrogen) atoms. The standard InChI is InChI=1S/C11H22N2O/c1-8(2)5-13-10-3-9(12)4-11(13)7-14-6-10/h8-11H,3-7,12H2,1-2H3/t9?,10-,11+. The molecule has 1 unspecified atom stereocenters. The fourth-order valence-corrected chi connectivity index (χ4v) is 2.75. The van der Waals surface area contributed by atoms with E-state index in [2.05, 4.69) is 18.7 Å². The van der Waals surface area contributed by atoms with E-state index in [1.54, 1.807) is 0 Å². The maximum atomic E-state index is 6.04. The third kappa shape index (κ3) is 2.10. The summed E-state index contributed by atoms with van der Waals surface area (Å²) < 4.78 is 5.60. The second kappa shape index (κ2) is 4.17. The highest BCUT2D eigenvalue weighted by atomic mass is 16.5. The van der Waals surface area contributed by atoms with E-state index >= 15 is 0 Å². The quantitative estimate of drug-likeness (QED) is 0.714. The Labute approximate surface area is 86.6 Å². The Morgan fingerprint density at radius 2 is 1.86 bits per heavy atom. The normalized spacial score (nSPS) is 39.0. The third-order valence-corrected chi connectivity index (χ3v) is 3.28. The number of hydrogen-bond acceptors (Lipinski definition) is 3. The van der Waals surface area contributed by atoms with Crippen molar-refractivity contribution in [2.45, 2.75) is 44.8 Å². The van der Waals surface area contributed by atoms with Crippen LogP contribution >= 0.6 is 0 Å². The van der Waals surface area contributed by atoms with Gasteiger partial charge in [-0.2, -0.15) is 0 Å². The highest BCUT2D eigenvalue weighted by Gasteiger charge is 2.37. The summed E-state index contributed by atoms with van der Waals surface area (Å²) >= 11 is 0. The van der Waals surface area contributed by atoms with E-state index in [-0.39, 0.29) is 0 Å². The fraction of sp³-hybridized carbons (Fsp3) is 1.00. The third-order valence-electron chi connectivity index (χ3n) is 3.28. The minimum absolute atomic E-state index is 0.400. The van der Waals surface area contributed by atoms with Gasteiger partial charge in [-0.05, 0) is 18.8 Å². The summed E-state index contributed by atoms with van der Waals surface area (Å²) in [6.45, 7) is 7.54. The molecular formula is C11H22N2O. The molecule has 0 spiro atoms. The van der Waals surface area contributed by atoms with Crippen molar-refractivity contribution in [3.05, 3.63) is 0 Å². The van der Waals surface area contributed by atoms with Gasteiger partial charge in [0, 0.05) is 24.7 Å². The summed E-state index contributed by atoms with van der Waals surface area (Å²) in [5, 5.41) is 0. The van der Waals surface area contributed by atoms with E-state index in [1.807, 2.05) is 0 Å². The van der Waals surface area contributed by atoms with Crippen LogP contribution in [0.4, 0.5) is 0 Å². The molecule has 0 saturated carbocycles. The lowest BCUT2D eigenvalue weighted by Gasteiger charge is -2.48. The lowest BCUT2D eigenvalue weighted by molar-refractivity contribution is -0.0817. The number of fused-ring (bicyclic) bond motifs is 2. The van der Waals surface area contributed by atoms with Crippen LogP contribution < -0.4 is 5.73 Å². The molecule has 3 nitrogen and oxygen atoms in total. The van der Waals surface area contributed by atoms with Crippen LogP contribution in [-0.4, -0.2) is 42.8 Å². The van der Waals surface area contributed by atoms with E-state index in [4.69, 9.17) is 10.5 Å². The molecule has 2 fully saturated rings. The first kappa shape index (κ1) is 10.4. The maximum Gasteiger partial charge on any atom is 0.0623 e. The molecule has 2 N–H and O–H groups in total. The molecule has 0 aliphatic carbocycles. The second-order valence-corrected chi connectivity index (χ2v) is 5.17. The summed E-state index contributed by atoms with van der Waals surface area (Å²) in [5.74, 6) is 0.743. The molecule has 2 aliphatic rings. The van der Waals surface area contributed by atoms with Crippen LogP contribution in [0.1, 0.15) is 26.7 Å². The smallest absolute Gasteiger partial charge is 0.0623 e. The first-order chi connectivity index (χ1) is 6.66. The van der Waals surface area contributed by atoms with E-state index in [9.17, 15) is 0 Å².